The van der Waals surface area contributed by atoms with Crippen molar-refractivity contribution in [1.29, 1.82) is 0 Å². The second-order valence-corrected chi connectivity index (χ2v) is 9.06. The van der Waals surface area contributed by atoms with Gasteiger partial charge in [-0.1, -0.05) is 11.6 Å². The lowest BCUT2D eigenvalue weighted by atomic mass is 9.81. The number of hydrogen-bond donors (Lipinski definition) is 1. The minimum Gasteiger partial charge on any atom is -0.456 e. The van der Waals surface area contributed by atoms with Crippen LogP contribution in [-0.4, -0.2) is 41.7 Å². The molecule has 0 radical (unpaired) electrons. The van der Waals surface area contributed by atoms with E-state index in [0.29, 0.717) is 27.0 Å². The largest absolute Gasteiger partial charge is 0.456 e. The molecule has 154 valence electrons. The van der Waals surface area contributed by atoms with Crippen LogP contribution in [0.15, 0.2) is 22.7 Å². The summed E-state index contributed by atoms with van der Waals surface area (Å²) in [5.41, 5.74) is 0.480. The first-order valence-electron chi connectivity index (χ1n) is 9.61. The number of carbonyl (C=O) groups excluding carboxylic acids is 4. The molecule has 1 aromatic rings. The minimum absolute atomic E-state index is 0.00682. The summed E-state index contributed by atoms with van der Waals surface area (Å²) in [6.45, 7) is -0.448. The predicted molar refractivity (Wildman–Crippen MR) is 108 cm³/mol. The number of hydrogen-bond acceptors (Lipinski definition) is 5. The van der Waals surface area contributed by atoms with Gasteiger partial charge in [-0.2, -0.15) is 0 Å². The summed E-state index contributed by atoms with van der Waals surface area (Å²) in [6.07, 6.45) is 2.88. The molecule has 1 heterocycles. The van der Waals surface area contributed by atoms with Gasteiger partial charge in [0.05, 0.1) is 23.3 Å². The highest BCUT2D eigenvalue weighted by Gasteiger charge is 2.60. The Kier molecular flexibility index (Phi) is 5.66. The van der Waals surface area contributed by atoms with Crippen LogP contribution in [-0.2, 0) is 23.9 Å². The summed E-state index contributed by atoms with van der Waals surface area (Å²) < 4.78 is 5.67. The highest BCUT2D eigenvalue weighted by molar-refractivity contribution is 9.10. The molecule has 1 saturated heterocycles. The summed E-state index contributed by atoms with van der Waals surface area (Å²) >= 11 is 9.22. The Labute approximate surface area is 181 Å². The maximum Gasteiger partial charge on any atom is 0.308 e. The molecule has 1 N–H and O–H groups in total. The van der Waals surface area contributed by atoms with Crippen LogP contribution in [0.1, 0.15) is 25.7 Å². The van der Waals surface area contributed by atoms with E-state index in [1.54, 1.807) is 18.2 Å². The molecule has 3 fully saturated rings. The number of rotatable bonds is 6. The Hall–Kier alpha value is -1.93. The molecule has 29 heavy (non-hydrogen) atoms. The van der Waals surface area contributed by atoms with Crippen molar-refractivity contribution in [1.82, 2.24) is 4.90 Å². The lowest BCUT2D eigenvalue weighted by molar-refractivity contribution is -0.149. The number of benzene rings is 1. The third kappa shape index (κ3) is 3.92. The fourth-order valence-corrected chi connectivity index (χ4v) is 5.31. The summed E-state index contributed by atoms with van der Waals surface area (Å²) in [4.78, 5) is 50.3. The summed E-state index contributed by atoms with van der Waals surface area (Å²) in [6, 6.07) is 4.92. The zero-order chi connectivity index (χ0) is 20.7. The quantitative estimate of drug-likeness (QED) is 0.496. The van der Waals surface area contributed by atoms with Crippen molar-refractivity contribution in [2.45, 2.75) is 25.7 Å². The van der Waals surface area contributed by atoms with E-state index in [1.165, 1.54) is 4.90 Å². The first-order chi connectivity index (χ1) is 13.8. The van der Waals surface area contributed by atoms with E-state index in [4.69, 9.17) is 16.3 Å². The van der Waals surface area contributed by atoms with E-state index in [9.17, 15) is 19.2 Å². The normalized spacial score (nSPS) is 27.3. The number of ether oxygens (including phenoxy) is 1. The van der Waals surface area contributed by atoms with Crippen LogP contribution in [0.25, 0.3) is 0 Å². The van der Waals surface area contributed by atoms with Gasteiger partial charge in [-0.05, 0) is 65.2 Å². The van der Waals surface area contributed by atoms with Gasteiger partial charge < -0.3 is 10.1 Å². The number of amides is 3. The number of nitrogens with one attached hydrogen (secondary N) is 1. The van der Waals surface area contributed by atoms with Crippen LogP contribution >= 0.6 is 27.5 Å². The van der Waals surface area contributed by atoms with E-state index < -0.39 is 18.5 Å². The molecular weight excluding hydrogens is 464 g/mol. The van der Waals surface area contributed by atoms with E-state index in [-0.39, 0.29) is 36.6 Å². The van der Waals surface area contributed by atoms with Crippen molar-refractivity contribution in [3.05, 3.63) is 27.7 Å². The number of carbonyl (C=O) groups is 4. The molecule has 4 rings (SSSR count). The first kappa shape index (κ1) is 20.3. The van der Waals surface area contributed by atoms with Gasteiger partial charge in [0.15, 0.2) is 6.61 Å². The second-order valence-electron chi connectivity index (χ2n) is 7.80. The Morgan fingerprint density at radius 1 is 1.17 bits per heavy atom. The van der Waals surface area contributed by atoms with Gasteiger partial charge in [0.1, 0.15) is 0 Å². The third-order valence-corrected chi connectivity index (χ3v) is 7.36. The maximum absolute atomic E-state index is 12.6. The van der Waals surface area contributed by atoms with Crippen molar-refractivity contribution in [3.8, 4) is 0 Å². The Balaban J connectivity index is 1.23. The predicted octanol–water partition coefficient (Wildman–Crippen LogP) is 3.01. The van der Waals surface area contributed by atoms with Gasteiger partial charge >= 0.3 is 5.97 Å². The van der Waals surface area contributed by atoms with E-state index in [0.717, 1.165) is 19.3 Å². The Morgan fingerprint density at radius 3 is 2.45 bits per heavy atom. The van der Waals surface area contributed by atoms with Crippen LogP contribution in [0.4, 0.5) is 5.69 Å². The maximum atomic E-state index is 12.6. The molecule has 0 aromatic heterocycles. The lowest BCUT2D eigenvalue weighted by Gasteiger charge is -2.19. The zero-order valence-electron chi connectivity index (χ0n) is 15.5. The summed E-state index contributed by atoms with van der Waals surface area (Å²) in [7, 11) is 0. The van der Waals surface area contributed by atoms with Crippen LogP contribution in [0.2, 0.25) is 5.02 Å². The molecule has 1 aromatic carbocycles. The molecule has 0 unspecified atom stereocenters. The molecule has 2 bridgehead atoms. The average molecular weight is 484 g/mol. The number of likely N-dealkylation sites (tertiary alicyclic amines) is 1. The van der Waals surface area contributed by atoms with Gasteiger partial charge in [-0.15, -0.1) is 0 Å². The fraction of sp³-hybridized carbons (Fsp3) is 0.500. The third-order valence-electron chi connectivity index (χ3n) is 6.13. The van der Waals surface area contributed by atoms with Crippen molar-refractivity contribution < 1.29 is 23.9 Å². The van der Waals surface area contributed by atoms with Gasteiger partial charge in [-0.3, -0.25) is 24.1 Å². The molecule has 1 aliphatic heterocycles. The zero-order valence-corrected chi connectivity index (χ0v) is 17.9. The van der Waals surface area contributed by atoms with E-state index >= 15 is 0 Å². The highest BCUT2D eigenvalue weighted by Crippen LogP contribution is 2.56. The summed E-state index contributed by atoms with van der Waals surface area (Å²) in [5, 5.41) is 3.02. The first-order valence-corrected chi connectivity index (χ1v) is 10.8. The second kappa shape index (κ2) is 8.07. The molecule has 7 nitrogen and oxygen atoms in total. The fourth-order valence-electron chi connectivity index (χ4n) is 4.88. The number of halogens is 2. The molecule has 9 heteroatoms. The van der Waals surface area contributed by atoms with Crippen molar-refractivity contribution in [3.63, 3.8) is 0 Å². The average Bonchev–Trinajstić information content (AvgIpc) is 3.36. The molecule has 2 saturated carbocycles. The highest BCUT2D eigenvalue weighted by atomic mass is 79.9. The summed E-state index contributed by atoms with van der Waals surface area (Å²) in [5.74, 6) is -1.19. The number of nitrogens with zero attached hydrogens (tertiary/aromatic N) is 1. The SMILES string of the molecule is O=C(COC(=O)CCN1C(=O)[C@@H]2[C@H]3CC[C@@H](C3)[C@@H]2C1=O)Nc1ccc(Br)c(Cl)c1. The molecule has 0 spiro atoms. The van der Waals surface area contributed by atoms with Crippen LogP contribution in [0.5, 0.6) is 0 Å². The number of esters is 1. The molecule has 3 amide bonds. The van der Waals surface area contributed by atoms with Crippen LogP contribution in [0.3, 0.4) is 0 Å². The molecule has 2 aliphatic carbocycles. The van der Waals surface area contributed by atoms with Gasteiger partial charge in [0.2, 0.25) is 11.8 Å². The number of imide groups is 1. The van der Waals surface area contributed by atoms with Gasteiger partial charge in [-0.25, -0.2) is 0 Å². The molecule has 4 atom stereocenters. The number of anilines is 1. The monoisotopic (exact) mass is 482 g/mol. The van der Waals surface area contributed by atoms with Crippen LogP contribution in [0, 0.1) is 23.7 Å². The minimum atomic E-state index is -0.630. The van der Waals surface area contributed by atoms with Crippen molar-refractivity contribution in [2.75, 3.05) is 18.5 Å². The number of fused-ring (bicyclic) bond motifs is 5. The topological polar surface area (TPSA) is 92.8 Å². The van der Waals surface area contributed by atoms with Gasteiger partial charge in [0.25, 0.3) is 5.91 Å². The smallest absolute Gasteiger partial charge is 0.308 e. The standard InChI is InChI=1S/C20H20BrClN2O5/c21-13-4-3-12(8-14(13)22)23-15(25)9-29-16(26)5-6-24-19(27)17-10-1-2-11(7-10)18(17)20(24)28/h3-4,8,10-11,17-18H,1-2,5-7,9H2,(H,23,25)/t10-,11-,17-,18+/m0/s1. The van der Waals surface area contributed by atoms with E-state index in [2.05, 4.69) is 21.2 Å². The van der Waals surface area contributed by atoms with Crippen molar-refractivity contribution in [2.24, 2.45) is 23.7 Å². The lowest BCUT2D eigenvalue weighted by Crippen LogP contribution is -2.35. The van der Waals surface area contributed by atoms with E-state index in [1.807, 2.05) is 0 Å². The Bertz CT molecular complexity index is 864. The van der Waals surface area contributed by atoms with Crippen LogP contribution < -0.4 is 5.32 Å². The van der Waals surface area contributed by atoms with Gasteiger partial charge in [0, 0.05) is 16.7 Å². The van der Waals surface area contributed by atoms with Crippen molar-refractivity contribution >= 4 is 56.9 Å². The Morgan fingerprint density at radius 2 is 1.83 bits per heavy atom. The molecule has 3 aliphatic rings. The molecular formula is C20H20BrClN2O5.